The summed E-state index contributed by atoms with van der Waals surface area (Å²) < 4.78 is 4.29. The lowest BCUT2D eigenvalue weighted by molar-refractivity contribution is -0.137. The fourth-order valence-electron chi connectivity index (χ4n) is 0.558. The van der Waals surface area contributed by atoms with Crippen molar-refractivity contribution >= 4 is 17.8 Å². The normalized spacial score (nSPS) is 10.5. The van der Waals surface area contributed by atoms with Crippen molar-refractivity contribution in [1.29, 1.82) is 0 Å². The molecule has 0 bridgehead atoms. The molecule has 0 aromatic carbocycles. The van der Waals surface area contributed by atoms with Crippen molar-refractivity contribution in [3.8, 4) is 0 Å². The zero-order valence-electron chi connectivity index (χ0n) is 7.29. The molecular weight excluding hydrogens is 176 g/mol. The van der Waals surface area contributed by atoms with Gasteiger partial charge in [-0.1, -0.05) is 0 Å². The molecule has 6 heteroatoms. The van der Waals surface area contributed by atoms with E-state index < -0.39 is 17.8 Å². The van der Waals surface area contributed by atoms with Crippen LogP contribution in [0.3, 0.4) is 0 Å². The highest BCUT2D eigenvalue weighted by Gasteiger charge is 2.14. The van der Waals surface area contributed by atoms with Crippen LogP contribution in [0, 0.1) is 0 Å². The first kappa shape index (κ1) is 11.2. The Balaban J connectivity index is 4.60. The Hall–Kier alpha value is -1.85. The van der Waals surface area contributed by atoms with Crippen LogP contribution in [0.15, 0.2) is 11.8 Å². The number of Topliss-reactive ketones (excluding diaryl/α,β-unsaturated/α-hetero) is 1. The first-order chi connectivity index (χ1) is 5.99. The van der Waals surface area contributed by atoms with Crippen LogP contribution >= 0.6 is 0 Å². The molecule has 0 atom stereocenters. The van der Waals surface area contributed by atoms with E-state index in [9.17, 15) is 14.4 Å². The molecule has 0 fully saturated rings. The predicted molar refractivity (Wildman–Crippen MR) is 43.5 cm³/mol. The summed E-state index contributed by atoms with van der Waals surface area (Å²) in [6.45, 7) is 1.17. The van der Waals surface area contributed by atoms with Gasteiger partial charge in [-0.25, -0.2) is 9.59 Å². The maximum absolute atomic E-state index is 10.9. The summed E-state index contributed by atoms with van der Waals surface area (Å²) in [6.07, 6.45) is 0.913. The number of primary amides is 1. The fraction of sp³-hybridized carbons (Fsp3) is 0.286. The summed E-state index contributed by atoms with van der Waals surface area (Å²) >= 11 is 0. The van der Waals surface area contributed by atoms with Gasteiger partial charge in [0.2, 0.25) is 0 Å². The van der Waals surface area contributed by atoms with Gasteiger partial charge in [0.25, 0.3) is 0 Å². The number of ketones is 1. The second-order valence-corrected chi connectivity index (χ2v) is 2.11. The summed E-state index contributed by atoms with van der Waals surface area (Å²) in [7, 11) is 1.13. The van der Waals surface area contributed by atoms with Crippen LogP contribution in [0.5, 0.6) is 0 Å². The highest BCUT2D eigenvalue weighted by molar-refractivity contribution is 6.16. The molecule has 0 rings (SSSR count). The van der Waals surface area contributed by atoms with Crippen LogP contribution in [0.1, 0.15) is 6.92 Å². The van der Waals surface area contributed by atoms with Gasteiger partial charge >= 0.3 is 12.0 Å². The number of nitrogens with one attached hydrogen (secondary N) is 1. The molecule has 0 spiro atoms. The molecule has 0 heterocycles. The van der Waals surface area contributed by atoms with E-state index in [2.05, 4.69) is 4.74 Å². The van der Waals surface area contributed by atoms with Gasteiger partial charge in [0.1, 0.15) is 5.57 Å². The van der Waals surface area contributed by atoms with E-state index in [0.717, 1.165) is 13.3 Å². The largest absolute Gasteiger partial charge is 0.465 e. The smallest absolute Gasteiger partial charge is 0.342 e. The van der Waals surface area contributed by atoms with Gasteiger partial charge in [-0.2, -0.15) is 0 Å². The summed E-state index contributed by atoms with van der Waals surface area (Å²) in [5.74, 6) is -1.33. The molecule has 2 amide bonds. The van der Waals surface area contributed by atoms with Crippen molar-refractivity contribution in [2.24, 2.45) is 5.73 Å². The number of rotatable bonds is 3. The van der Waals surface area contributed by atoms with Crippen molar-refractivity contribution in [3.63, 3.8) is 0 Å². The highest BCUT2D eigenvalue weighted by atomic mass is 16.5. The standard InChI is InChI=1S/C7H10N2O4/c1-4(10)5(6(11)13-2)3-9-7(8)12/h3H,1-2H3,(H3,8,9,12). The minimum absolute atomic E-state index is 0.263. The molecule has 6 nitrogen and oxygen atoms in total. The maximum Gasteiger partial charge on any atom is 0.342 e. The second kappa shape index (κ2) is 4.91. The molecule has 72 valence electrons. The Bertz CT molecular complexity index is 270. The SMILES string of the molecule is COC(=O)C(=CNC(N)=O)C(C)=O. The van der Waals surface area contributed by atoms with Crippen LogP contribution in [-0.4, -0.2) is 24.9 Å². The van der Waals surface area contributed by atoms with Crippen LogP contribution in [0.4, 0.5) is 4.79 Å². The first-order valence-corrected chi connectivity index (χ1v) is 3.34. The lowest BCUT2D eigenvalue weighted by Gasteiger charge is -2.00. The number of urea groups is 1. The number of amides is 2. The first-order valence-electron chi connectivity index (χ1n) is 3.34. The molecule has 0 unspecified atom stereocenters. The zero-order chi connectivity index (χ0) is 10.4. The van der Waals surface area contributed by atoms with Crippen molar-refractivity contribution in [3.05, 3.63) is 11.8 Å². The van der Waals surface area contributed by atoms with Crippen LogP contribution in [0.2, 0.25) is 0 Å². The average molecular weight is 186 g/mol. The maximum atomic E-state index is 10.9. The van der Waals surface area contributed by atoms with Crippen molar-refractivity contribution in [2.45, 2.75) is 6.92 Å². The topological polar surface area (TPSA) is 98.5 Å². The van der Waals surface area contributed by atoms with E-state index in [1.807, 2.05) is 5.32 Å². The number of hydrogen-bond donors (Lipinski definition) is 2. The zero-order valence-corrected chi connectivity index (χ0v) is 7.29. The number of methoxy groups -OCH3 is 1. The number of esters is 1. The molecule has 0 aromatic heterocycles. The van der Waals surface area contributed by atoms with Gasteiger partial charge in [0.05, 0.1) is 7.11 Å². The Morgan fingerprint density at radius 3 is 2.23 bits per heavy atom. The Morgan fingerprint density at radius 1 is 1.38 bits per heavy atom. The van der Waals surface area contributed by atoms with Gasteiger partial charge in [0.15, 0.2) is 5.78 Å². The molecule has 0 aliphatic heterocycles. The molecular formula is C7H10N2O4. The van der Waals surface area contributed by atoms with E-state index in [-0.39, 0.29) is 5.57 Å². The molecule has 3 N–H and O–H groups in total. The minimum Gasteiger partial charge on any atom is -0.465 e. The average Bonchev–Trinajstić information content (AvgIpc) is 2.03. The lowest BCUT2D eigenvalue weighted by atomic mass is 10.2. The third kappa shape index (κ3) is 3.90. The van der Waals surface area contributed by atoms with Gasteiger partial charge in [0, 0.05) is 6.20 Å². The van der Waals surface area contributed by atoms with Gasteiger partial charge in [-0.15, -0.1) is 0 Å². The second-order valence-electron chi connectivity index (χ2n) is 2.11. The van der Waals surface area contributed by atoms with Crippen LogP contribution in [-0.2, 0) is 14.3 Å². The third-order valence-corrected chi connectivity index (χ3v) is 1.14. The van der Waals surface area contributed by atoms with E-state index in [4.69, 9.17) is 5.73 Å². The Labute approximate surface area is 74.7 Å². The summed E-state index contributed by atoms with van der Waals surface area (Å²) in [6, 6.07) is -0.859. The number of ether oxygens (including phenoxy) is 1. The highest BCUT2D eigenvalue weighted by Crippen LogP contribution is 1.97. The quantitative estimate of drug-likeness (QED) is 0.263. The van der Waals surface area contributed by atoms with Crippen molar-refractivity contribution in [2.75, 3.05) is 7.11 Å². The molecule has 0 saturated carbocycles. The lowest BCUT2D eigenvalue weighted by Crippen LogP contribution is -2.26. The molecule has 13 heavy (non-hydrogen) atoms. The van der Waals surface area contributed by atoms with Crippen LogP contribution < -0.4 is 11.1 Å². The summed E-state index contributed by atoms with van der Waals surface area (Å²) in [5.41, 5.74) is 4.46. The minimum atomic E-state index is -0.859. The number of carbonyl (C=O) groups is 3. The van der Waals surface area contributed by atoms with Gasteiger partial charge in [-0.3, -0.25) is 4.79 Å². The van der Waals surface area contributed by atoms with Crippen molar-refractivity contribution in [1.82, 2.24) is 5.32 Å². The molecule has 0 saturated heterocycles. The van der Waals surface area contributed by atoms with Crippen LogP contribution in [0.25, 0.3) is 0 Å². The van der Waals surface area contributed by atoms with Gasteiger partial charge < -0.3 is 15.8 Å². The summed E-state index contributed by atoms with van der Waals surface area (Å²) in [4.78, 5) is 31.9. The Kier molecular flexibility index (Phi) is 4.21. The number of carbonyl (C=O) groups excluding carboxylic acids is 3. The number of nitrogens with two attached hydrogens (primary N) is 1. The Morgan fingerprint density at radius 2 is 1.92 bits per heavy atom. The van der Waals surface area contributed by atoms with E-state index in [0.29, 0.717) is 0 Å². The van der Waals surface area contributed by atoms with E-state index in [1.165, 1.54) is 6.92 Å². The predicted octanol–water partition coefficient (Wildman–Crippen LogP) is -0.699. The van der Waals surface area contributed by atoms with Crippen molar-refractivity contribution < 1.29 is 19.1 Å². The molecule has 0 radical (unpaired) electrons. The molecule has 0 aromatic rings. The van der Waals surface area contributed by atoms with E-state index >= 15 is 0 Å². The molecule has 0 aliphatic rings. The fourth-order valence-corrected chi connectivity index (χ4v) is 0.558. The molecule has 0 aliphatic carbocycles. The van der Waals surface area contributed by atoms with E-state index in [1.54, 1.807) is 0 Å². The monoisotopic (exact) mass is 186 g/mol. The number of hydrogen-bond acceptors (Lipinski definition) is 4. The third-order valence-electron chi connectivity index (χ3n) is 1.14. The van der Waals surface area contributed by atoms with Gasteiger partial charge in [-0.05, 0) is 6.92 Å². The summed E-state index contributed by atoms with van der Waals surface area (Å²) in [5, 5.41) is 2.00.